The van der Waals surface area contributed by atoms with Gasteiger partial charge in [-0.1, -0.05) is 0 Å². The smallest absolute Gasteiger partial charge is 0.123 e. The molecular weight excluding hydrogens is 239 g/mol. The zero-order valence-corrected chi connectivity index (χ0v) is 11.5. The van der Waals surface area contributed by atoms with Crippen molar-refractivity contribution in [3.05, 3.63) is 29.6 Å². The van der Waals surface area contributed by atoms with E-state index in [1.165, 1.54) is 30.5 Å². The molecule has 2 fully saturated rings. The molecule has 0 radical (unpaired) electrons. The highest BCUT2D eigenvalue weighted by molar-refractivity contribution is 5.55. The Bertz CT molecular complexity index is 421. The van der Waals surface area contributed by atoms with Crippen LogP contribution in [0, 0.1) is 5.82 Å². The molecule has 104 valence electrons. The lowest BCUT2D eigenvalue weighted by atomic mass is 9.88. The summed E-state index contributed by atoms with van der Waals surface area (Å²) in [6.07, 6.45) is 6.13. The normalized spacial score (nSPS) is 21.6. The molecule has 1 aromatic carbocycles. The summed E-state index contributed by atoms with van der Waals surface area (Å²) in [7, 11) is 0. The zero-order valence-electron chi connectivity index (χ0n) is 11.5. The standard InChI is InChI=1S/C16H23FN2/c17-14-4-5-16(19-10-2-1-3-11-19)15(12-14)13-6-8-18-9-7-13/h4-5,12-13,18H,1-3,6-11H2. The highest BCUT2D eigenvalue weighted by atomic mass is 19.1. The van der Waals surface area contributed by atoms with Crippen LogP contribution in [0.15, 0.2) is 18.2 Å². The number of hydrogen-bond acceptors (Lipinski definition) is 2. The summed E-state index contributed by atoms with van der Waals surface area (Å²) >= 11 is 0. The molecule has 0 aliphatic carbocycles. The molecule has 2 aliphatic rings. The number of rotatable bonds is 2. The fraction of sp³-hybridized carbons (Fsp3) is 0.625. The molecule has 2 heterocycles. The van der Waals surface area contributed by atoms with Gasteiger partial charge in [-0.3, -0.25) is 0 Å². The predicted octanol–water partition coefficient (Wildman–Crippen LogP) is 3.28. The molecule has 3 heteroatoms. The zero-order chi connectivity index (χ0) is 13.1. The van der Waals surface area contributed by atoms with Gasteiger partial charge in [0.05, 0.1) is 0 Å². The van der Waals surface area contributed by atoms with Crippen molar-refractivity contribution >= 4 is 5.69 Å². The van der Waals surface area contributed by atoms with Crippen LogP contribution in [-0.4, -0.2) is 26.2 Å². The average molecular weight is 262 g/mol. The van der Waals surface area contributed by atoms with Crippen LogP contribution < -0.4 is 10.2 Å². The summed E-state index contributed by atoms with van der Waals surface area (Å²) in [5.41, 5.74) is 2.52. The minimum absolute atomic E-state index is 0.0886. The first-order valence-corrected chi connectivity index (χ1v) is 7.60. The van der Waals surface area contributed by atoms with E-state index in [0.29, 0.717) is 5.92 Å². The molecule has 0 unspecified atom stereocenters. The molecule has 2 nitrogen and oxygen atoms in total. The number of piperidine rings is 2. The number of benzene rings is 1. The summed E-state index contributed by atoms with van der Waals surface area (Å²) < 4.78 is 13.6. The maximum Gasteiger partial charge on any atom is 0.123 e. The Morgan fingerprint density at radius 1 is 1.05 bits per heavy atom. The molecule has 19 heavy (non-hydrogen) atoms. The number of nitrogens with one attached hydrogen (secondary N) is 1. The summed E-state index contributed by atoms with van der Waals surface area (Å²) in [4.78, 5) is 2.46. The quantitative estimate of drug-likeness (QED) is 0.880. The Kier molecular flexibility index (Phi) is 4.02. The highest BCUT2D eigenvalue weighted by Gasteiger charge is 2.22. The van der Waals surface area contributed by atoms with E-state index in [9.17, 15) is 4.39 Å². The van der Waals surface area contributed by atoms with Crippen molar-refractivity contribution in [2.75, 3.05) is 31.1 Å². The molecule has 1 N–H and O–H groups in total. The second kappa shape index (κ2) is 5.91. The first kappa shape index (κ1) is 12.9. The minimum atomic E-state index is -0.0886. The van der Waals surface area contributed by atoms with Gasteiger partial charge in [0.1, 0.15) is 5.82 Å². The lowest BCUT2D eigenvalue weighted by Gasteiger charge is -2.33. The van der Waals surface area contributed by atoms with Crippen LogP contribution >= 0.6 is 0 Å². The van der Waals surface area contributed by atoms with Crippen molar-refractivity contribution in [2.45, 2.75) is 38.0 Å². The van der Waals surface area contributed by atoms with Crippen molar-refractivity contribution in [1.29, 1.82) is 0 Å². The average Bonchev–Trinajstić information content (AvgIpc) is 2.49. The molecule has 0 spiro atoms. The van der Waals surface area contributed by atoms with Gasteiger partial charge in [-0.15, -0.1) is 0 Å². The van der Waals surface area contributed by atoms with Crippen molar-refractivity contribution in [3.63, 3.8) is 0 Å². The molecule has 0 aromatic heterocycles. The van der Waals surface area contributed by atoms with Gasteiger partial charge in [0.25, 0.3) is 0 Å². The van der Waals surface area contributed by atoms with E-state index in [0.717, 1.165) is 39.0 Å². The predicted molar refractivity (Wildman–Crippen MR) is 77.3 cm³/mol. The molecule has 0 atom stereocenters. The third kappa shape index (κ3) is 2.92. The molecule has 0 amide bonds. The maximum atomic E-state index is 13.6. The molecule has 2 aliphatic heterocycles. The van der Waals surface area contributed by atoms with Gasteiger partial charge in [-0.2, -0.15) is 0 Å². The third-order valence-corrected chi connectivity index (χ3v) is 4.47. The van der Waals surface area contributed by atoms with E-state index >= 15 is 0 Å². The van der Waals surface area contributed by atoms with E-state index in [4.69, 9.17) is 0 Å². The first-order chi connectivity index (χ1) is 9.34. The lowest BCUT2D eigenvalue weighted by Crippen LogP contribution is -2.32. The Morgan fingerprint density at radius 3 is 2.53 bits per heavy atom. The van der Waals surface area contributed by atoms with Crippen molar-refractivity contribution in [2.24, 2.45) is 0 Å². The molecular formula is C16H23FN2. The Hall–Kier alpha value is -1.09. The minimum Gasteiger partial charge on any atom is -0.371 e. The van der Waals surface area contributed by atoms with Gasteiger partial charge in [-0.05, 0) is 74.9 Å². The fourth-order valence-corrected chi connectivity index (χ4v) is 3.41. The largest absolute Gasteiger partial charge is 0.371 e. The van der Waals surface area contributed by atoms with Crippen LogP contribution in [0.2, 0.25) is 0 Å². The summed E-state index contributed by atoms with van der Waals surface area (Å²) in [6, 6.07) is 5.40. The SMILES string of the molecule is Fc1ccc(N2CCCCC2)c(C2CCNCC2)c1. The van der Waals surface area contributed by atoms with E-state index in [1.54, 1.807) is 12.1 Å². The van der Waals surface area contributed by atoms with Gasteiger partial charge in [0.15, 0.2) is 0 Å². The molecule has 2 saturated heterocycles. The Labute approximate surface area is 115 Å². The second-order valence-electron chi connectivity index (χ2n) is 5.78. The first-order valence-electron chi connectivity index (χ1n) is 7.60. The number of anilines is 1. The van der Waals surface area contributed by atoms with Gasteiger partial charge in [-0.25, -0.2) is 4.39 Å². The van der Waals surface area contributed by atoms with Crippen molar-refractivity contribution in [3.8, 4) is 0 Å². The topological polar surface area (TPSA) is 15.3 Å². The van der Waals surface area contributed by atoms with E-state index < -0.39 is 0 Å². The van der Waals surface area contributed by atoms with Crippen molar-refractivity contribution < 1.29 is 4.39 Å². The Balaban J connectivity index is 1.88. The van der Waals surface area contributed by atoms with Crippen molar-refractivity contribution in [1.82, 2.24) is 5.32 Å². The summed E-state index contributed by atoms with van der Waals surface area (Å²) in [5, 5.41) is 3.39. The lowest BCUT2D eigenvalue weighted by molar-refractivity contribution is 0.457. The molecule has 0 saturated carbocycles. The van der Waals surface area contributed by atoms with Gasteiger partial charge in [0.2, 0.25) is 0 Å². The third-order valence-electron chi connectivity index (χ3n) is 4.47. The van der Waals surface area contributed by atoms with Crippen LogP contribution in [0.3, 0.4) is 0 Å². The fourth-order valence-electron chi connectivity index (χ4n) is 3.41. The number of hydrogen-bond donors (Lipinski definition) is 1. The molecule has 0 bridgehead atoms. The van der Waals surface area contributed by atoms with Gasteiger partial charge >= 0.3 is 0 Å². The molecule has 1 aromatic rings. The van der Waals surface area contributed by atoms with Gasteiger partial charge < -0.3 is 10.2 Å². The maximum absolute atomic E-state index is 13.6. The molecule has 3 rings (SSSR count). The second-order valence-corrected chi connectivity index (χ2v) is 5.78. The van der Waals surface area contributed by atoms with Gasteiger partial charge in [0, 0.05) is 18.8 Å². The van der Waals surface area contributed by atoms with Crippen LogP contribution in [0.5, 0.6) is 0 Å². The van der Waals surface area contributed by atoms with Crippen LogP contribution in [0.1, 0.15) is 43.6 Å². The summed E-state index contributed by atoms with van der Waals surface area (Å²) in [6.45, 7) is 4.37. The number of nitrogens with zero attached hydrogens (tertiary/aromatic N) is 1. The van der Waals surface area contributed by atoms with E-state index in [1.807, 2.05) is 6.07 Å². The van der Waals surface area contributed by atoms with Crippen LogP contribution in [0.4, 0.5) is 10.1 Å². The van der Waals surface area contributed by atoms with Crippen LogP contribution in [-0.2, 0) is 0 Å². The summed E-state index contributed by atoms with van der Waals surface area (Å²) in [5.74, 6) is 0.433. The number of halogens is 1. The monoisotopic (exact) mass is 262 g/mol. The van der Waals surface area contributed by atoms with E-state index in [-0.39, 0.29) is 5.82 Å². The van der Waals surface area contributed by atoms with E-state index in [2.05, 4.69) is 10.2 Å². The highest BCUT2D eigenvalue weighted by Crippen LogP contribution is 2.34. The Morgan fingerprint density at radius 2 is 1.79 bits per heavy atom. The van der Waals surface area contributed by atoms with Crippen LogP contribution in [0.25, 0.3) is 0 Å².